The fourth-order valence-electron chi connectivity index (χ4n) is 0.888. The average Bonchev–Trinajstić information content (AvgIpc) is 2.03. The zero-order valence-corrected chi connectivity index (χ0v) is 10.7. The molecule has 1 aromatic carbocycles. The van der Waals surface area contributed by atoms with Crippen LogP contribution in [0.2, 0.25) is 18.1 Å². The van der Waals surface area contributed by atoms with Gasteiger partial charge in [0.15, 0.2) is 0 Å². The molecule has 1 rings (SSSR count). The highest BCUT2D eigenvalue weighted by molar-refractivity contribution is 6.74. The van der Waals surface area contributed by atoms with E-state index in [1.54, 1.807) is 0 Å². The van der Waals surface area contributed by atoms with Crippen LogP contribution in [0, 0.1) is 6.07 Å². The third kappa shape index (κ3) is 2.61. The van der Waals surface area contributed by atoms with Crippen molar-refractivity contribution in [3.63, 3.8) is 0 Å². The van der Waals surface area contributed by atoms with E-state index in [4.69, 9.17) is 4.43 Å². The second-order valence-electron chi connectivity index (χ2n) is 5.10. The van der Waals surface area contributed by atoms with Crippen molar-refractivity contribution in [1.82, 2.24) is 0 Å². The molecule has 1 aromatic rings. The van der Waals surface area contributed by atoms with Gasteiger partial charge in [-0.3, -0.25) is 0 Å². The molecule has 1 radical (unpaired) electrons. The first-order valence-electron chi connectivity index (χ1n) is 4.98. The van der Waals surface area contributed by atoms with E-state index in [2.05, 4.69) is 39.9 Å². The van der Waals surface area contributed by atoms with Crippen molar-refractivity contribution in [2.45, 2.75) is 38.9 Å². The van der Waals surface area contributed by atoms with E-state index >= 15 is 0 Å². The van der Waals surface area contributed by atoms with Crippen LogP contribution in [0.3, 0.4) is 0 Å². The normalized spacial score (nSPS) is 12.6. The van der Waals surface area contributed by atoms with Gasteiger partial charge in [-0.2, -0.15) is 0 Å². The zero-order chi connectivity index (χ0) is 10.8. The molecule has 0 aromatic heterocycles. The van der Waals surface area contributed by atoms with Gasteiger partial charge in [0.25, 0.3) is 0 Å². The summed E-state index contributed by atoms with van der Waals surface area (Å²) in [6, 6.07) is 10.8. The largest absolute Gasteiger partial charge is 0.543 e. The van der Waals surface area contributed by atoms with Crippen LogP contribution in [-0.2, 0) is 0 Å². The van der Waals surface area contributed by atoms with Gasteiger partial charge in [-0.15, -0.1) is 0 Å². The molecule has 0 aliphatic heterocycles. The number of benzene rings is 1. The third-order valence-electron chi connectivity index (χ3n) is 2.86. The standard InChI is InChI=1S/C12H19OSi/c1-12(2,3)14(4,5)13-11-9-7-6-8-10-11/h6-7,9-10H,1-5H3. The average molecular weight is 207 g/mol. The molecule has 2 heteroatoms. The fourth-order valence-corrected chi connectivity index (χ4v) is 1.91. The summed E-state index contributed by atoms with van der Waals surface area (Å²) in [6.07, 6.45) is 0. The minimum atomic E-state index is -1.67. The lowest BCUT2D eigenvalue weighted by Crippen LogP contribution is -2.43. The molecule has 0 bridgehead atoms. The molecule has 0 atom stereocenters. The van der Waals surface area contributed by atoms with Crippen LogP contribution in [0.1, 0.15) is 20.8 Å². The summed E-state index contributed by atoms with van der Waals surface area (Å²) >= 11 is 0. The van der Waals surface area contributed by atoms with E-state index in [9.17, 15) is 0 Å². The molecule has 0 amide bonds. The van der Waals surface area contributed by atoms with Crippen molar-refractivity contribution in [3.8, 4) is 5.75 Å². The topological polar surface area (TPSA) is 9.23 Å². The highest BCUT2D eigenvalue weighted by atomic mass is 28.4. The Balaban J connectivity index is 2.79. The molecule has 0 spiro atoms. The molecule has 1 nitrogen and oxygen atoms in total. The number of hydrogen-bond donors (Lipinski definition) is 0. The van der Waals surface area contributed by atoms with Crippen molar-refractivity contribution in [2.75, 3.05) is 0 Å². The first-order valence-corrected chi connectivity index (χ1v) is 7.89. The lowest BCUT2D eigenvalue weighted by atomic mass is 10.2. The highest BCUT2D eigenvalue weighted by Crippen LogP contribution is 2.37. The van der Waals surface area contributed by atoms with Crippen LogP contribution in [0.4, 0.5) is 0 Å². The van der Waals surface area contributed by atoms with Crippen molar-refractivity contribution in [3.05, 3.63) is 30.3 Å². The minimum absolute atomic E-state index is 0.253. The maximum atomic E-state index is 6.07. The van der Waals surface area contributed by atoms with Gasteiger partial charge in [0.2, 0.25) is 8.32 Å². The Hall–Kier alpha value is -0.763. The predicted molar refractivity (Wildman–Crippen MR) is 63.1 cm³/mol. The molecular formula is C12H19OSi. The highest BCUT2D eigenvalue weighted by Gasteiger charge is 2.38. The van der Waals surface area contributed by atoms with Gasteiger partial charge in [-0.25, -0.2) is 0 Å². The van der Waals surface area contributed by atoms with Crippen molar-refractivity contribution in [1.29, 1.82) is 0 Å². The van der Waals surface area contributed by atoms with E-state index in [-0.39, 0.29) is 5.04 Å². The van der Waals surface area contributed by atoms with E-state index in [0.717, 1.165) is 5.75 Å². The summed E-state index contributed by atoms with van der Waals surface area (Å²) < 4.78 is 6.07. The lowest BCUT2D eigenvalue weighted by Gasteiger charge is -2.36. The van der Waals surface area contributed by atoms with Gasteiger partial charge < -0.3 is 4.43 Å². The predicted octanol–water partition coefficient (Wildman–Crippen LogP) is 3.87. The first kappa shape index (κ1) is 11.3. The van der Waals surface area contributed by atoms with Gasteiger partial charge in [-0.05, 0) is 36.3 Å². The zero-order valence-electron chi connectivity index (χ0n) is 9.72. The number of rotatable bonds is 2. The van der Waals surface area contributed by atoms with Crippen molar-refractivity contribution < 1.29 is 4.43 Å². The lowest BCUT2D eigenvalue weighted by molar-refractivity contribution is 0.492. The monoisotopic (exact) mass is 207 g/mol. The van der Waals surface area contributed by atoms with Crippen LogP contribution in [-0.4, -0.2) is 8.32 Å². The van der Waals surface area contributed by atoms with Gasteiger partial charge in [0.05, 0.1) is 0 Å². The summed E-state index contributed by atoms with van der Waals surface area (Å²) in [5.41, 5.74) is 0. The summed E-state index contributed by atoms with van der Waals surface area (Å²) in [5, 5.41) is 0.253. The molecular weight excluding hydrogens is 188 g/mol. The maximum absolute atomic E-state index is 6.07. The first-order chi connectivity index (χ1) is 6.33. The van der Waals surface area contributed by atoms with E-state index in [1.807, 2.05) is 24.3 Å². The summed E-state index contributed by atoms with van der Waals surface area (Å²) in [5.74, 6) is 0.944. The van der Waals surface area contributed by atoms with Gasteiger partial charge in [-0.1, -0.05) is 32.9 Å². The Morgan fingerprint density at radius 3 is 2.36 bits per heavy atom. The van der Waals surface area contributed by atoms with Gasteiger partial charge >= 0.3 is 0 Å². The summed E-state index contributed by atoms with van der Waals surface area (Å²) in [6.45, 7) is 11.2. The quantitative estimate of drug-likeness (QED) is 0.669. The van der Waals surface area contributed by atoms with Gasteiger partial charge in [0, 0.05) is 0 Å². The van der Waals surface area contributed by atoms with E-state index < -0.39 is 8.32 Å². The summed E-state index contributed by atoms with van der Waals surface area (Å²) in [4.78, 5) is 0. The minimum Gasteiger partial charge on any atom is -0.543 e. The summed E-state index contributed by atoms with van der Waals surface area (Å²) in [7, 11) is -1.67. The maximum Gasteiger partial charge on any atom is 0.250 e. The smallest absolute Gasteiger partial charge is 0.250 e. The van der Waals surface area contributed by atoms with Crippen LogP contribution >= 0.6 is 0 Å². The third-order valence-corrected chi connectivity index (χ3v) is 7.22. The molecule has 0 unspecified atom stereocenters. The molecule has 0 N–H and O–H groups in total. The Morgan fingerprint density at radius 1 is 1.29 bits per heavy atom. The van der Waals surface area contributed by atoms with Crippen LogP contribution in [0.5, 0.6) is 5.75 Å². The second-order valence-corrected chi connectivity index (χ2v) is 9.83. The van der Waals surface area contributed by atoms with Crippen molar-refractivity contribution in [2.24, 2.45) is 0 Å². The Labute approximate surface area is 88.2 Å². The molecule has 77 valence electrons. The molecule has 0 heterocycles. The van der Waals surface area contributed by atoms with E-state index in [1.165, 1.54) is 0 Å². The van der Waals surface area contributed by atoms with Crippen molar-refractivity contribution >= 4 is 8.32 Å². The number of hydrogen-bond acceptors (Lipinski definition) is 1. The Morgan fingerprint density at radius 2 is 1.93 bits per heavy atom. The van der Waals surface area contributed by atoms with Crippen LogP contribution in [0.25, 0.3) is 0 Å². The van der Waals surface area contributed by atoms with E-state index in [0.29, 0.717) is 0 Å². The van der Waals surface area contributed by atoms with Gasteiger partial charge in [0.1, 0.15) is 5.75 Å². The Bertz CT molecular complexity index is 285. The molecule has 0 saturated heterocycles. The van der Waals surface area contributed by atoms with Crippen LogP contribution in [0.15, 0.2) is 24.3 Å². The Kier molecular flexibility index (Phi) is 3.05. The molecule has 0 aliphatic carbocycles. The second kappa shape index (κ2) is 3.77. The fraction of sp³-hybridized carbons (Fsp3) is 0.500. The molecule has 0 saturated carbocycles. The molecule has 14 heavy (non-hydrogen) atoms. The van der Waals surface area contributed by atoms with Crippen LogP contribution < -0.4 is 4.43 Å². The molecule has 0 fully saturated rings. The SMILES string of the molecule is CC(C)(C)[Si](C)(C)Oc1c[c]ccc1. The molecule has 0 aliphatic rings.